The standard InChI is InChI=1S/C15H26N2O2S/c1-6-14(16-5)12-8-7-9-13(10-12)20(18,19)17-11-15(2,3)4/h7-10,14,16-17H,6,11H2,1-5H3. The predicted octanol–water partition coefficient (Wildman–Crippen LogP) is 2.68. The first kappa shape index (κ1) is 17.1. The number of nitrogens with one attached hydrogen (secondary N) is 2. The van der Waals surface area contributed by atoms with Crippen LogP contribution in [0.3, 0.4) is 0 Å². The zero-order valence-corrected chi connectivity index (χ0v) is 13.8. The normalized spacial score (nSPS) is 14.2. The first-order valence-electron chi connectivity index (χ1n) is 6.96. The molecule has 0 fully saturated rings. The molecule has 1 atom stereocenters. The molecule has 0 aliphatic heterocycles. The van der Waals surface area contributed by atoms with Crippen LogP contribution in [-0.2, 0) is 10.0 Å². The molecule has 1 rings (SSSR count). The van der Waals surface area contributed by atoms with Gasteiger partial charge in [-0.25, -0.2) is 13.1 Å². The molecule has 5 heteroatoms. The Morgan fingerprint density at radius 3 is 2.40 bits per heavy atom. The van der Waals surface area contributed by atoms with Crippen molar-refractivity contribution in [2.45, 2.75) is 45.1 Å². The lowest BCUT2D eigenvalue weighted by molar-refractivity contribution is 0.407. The van der Waals surface area contributed by atoms with Crippen molar-refractivity contribution in [3.05, 3.63) is 29.8 Å². The van der Waals surface area contributed by atoms with Gasteiger partial charge in [0, 0.05) is 12.6 Å². The smallest absolute Gasteiger partial charge is 0.240 e. The van der Waals surface area contributed by atoms with Crippen LogP contribution in [0.1, 0.15) is 45.7 Å². The lowest BCUT2D eigenvalue weighted by Gasteiger charge is -2.19. The van der Waals surface area contributed by atoms with Crippen LogP contribution in [-0.4, -0.2) is 22.0 Å². The molecular formula is C15H26N2O2S. The third-order valence-corrected chi connectivity index (χ3v) is 4.52. The van der Waals surface area contributed by atoms with E-state index in [4.69, 9.17) is 0 Å². The highest BCUT2D eigenvalue weighted by atomic mass is 32.2. The molecule has 2 N–H and O–H groups in total. The SMILES string of the molecule is CCC(NC)c1cccc(S(=O)(=O)NCC(C)(C)C)c1. The summed E-state index contributed by atoms with van der Waals surface area (Å²) in [5.41, 5.74) is 0.912. The number of benzene rings is 1. The molecule has 114 valence electrons. The summed E-state index contributed by atoms with van der Waals surface area (Å²) in [6.07, 6.45) is 0.912. The summed E-state index contributed by atoms with van der Waals surface area (Å²) in [4.78, 5) is 0.327. The van der Waals surface area contributed by atoms with Crippen molar-refractivity contribution in [2.75, 3.05) is 13.6 Å². The fraction of sp³-hybridized carbons (Fsp3) is 0.600. The van der Waals surface area contributed by atoms with Crippen LogP contribution in [0.2, 0.25) is 0 Å². The minimum Gasteiger partial charge on any atom is -0.313 e. The minimum atomic E-state index is -3.44. The second-order valence-corrected chi connectivity index (χ2v) is 7.97. The van der Waals surface area contributed by atoms with Crippen LogP contribution < -0.4 is 10.0 Å². The van der Waals surface area contributed by atoms with Gasteiger partial charge in [0.25, 0.3) is 0 Å². The van der Waals surface area contributed by atoms with E-state index in [-0.39, 0.29) is 11.5 Å². The number of hydrogen-bond donors (Lipinski definition) is 2. The van der Waals surface area contributed by atoms with Crippen molar-refractivity contribution < 1.29 is 8.42 Å². The Morgan fingerprint density at radius 2 is 1.90 bits per heavy atom. The van der Waals surface area contributed by atoms with Gasteiger partial charge in [-0.1, -0.05) is 39.8 Å². The second kappa shape index (κ2) is 6.70. The van der Waals surface area contributed by atoms with E-state index in [1.165, 1.54) is 0 Å². The molecule has 1 aromatic rings. The molecule has 0 aliphatic rings. The molecular weight excluding hydrogens is 272 g/mol. The third kappa shape index (κ3) is 4.89. The number of rotatable bonds is 6. The summed E-state index contributed by atoms with van der Waals surface area (Å²) in [5.74, 6) is 0. The topological polar surface area (TPSA) is 58.2 Å². The van der Waals surface area contributed by atoms with Crippen molar-refractivity contribution in [1.82, 2.24) is 10.0 Å². The highest BCUT2D eigenvalue weighted by molar-refractivity contribution is 7.89. The van der Waals surface area contributed by atoms with E-state index in [9.17, 15) is 8.42 Å². The number of sulfonamides is 1. The first-order chi connectivity index (χ1) is 9.19. The van der Waals surface area contributed by atoms with Crippen molar-refractivity contribution in [3.63, 3.8) is 0 Å². The van der Waals surface area contributed by atoms with E-state index in [1.54, 1.807) is 18.2 Å². The lowest BCUT2D eigenvalue weighted by Crippen LogP contribution is -2.32. The minimum absolute atomic E-state index is 0.0817. The van der Waals surface area contributed by atoms with Gasteiger partial charge < -0.3 is 5.32 Å². The predicted molar refractivity (Wildman–Crippen MR) is 83.2 cm³/mol. The van der Waals surface area contributed by atoms with Crippen LogP contribution in [0.4, 0.5) is 0 Å². The average Bonchev–Trinajstić information content (AvgIpc) is 2.38. The molecule has 0 aromatic heterocycles. The molecule has 1 aromatic carbocycles. The van der Waals surface area contributed by atoms with Gasteiger partial charge in [0.1, 0.15) is 0 Å². The maximum absolute atomic E-state index is 12.3. The molecule has 20 heavy (non-hydrogen) atoms. The van der Waals surface area contributed by atoms with E-state index in [0.717, 1.165) is 12.0 Å². The third-order valence-electron chi connectivity index (χ3n) is 3.12. The van der Waals surface area contributed by atoms with E-state index >= 15 is 0 Å². The van der Waals surface area contributed by atoms with E-state index in [1.807, 2.05) is 33.9 Å². The van der Waals surface area contributed by atoms with Gasteiger partial charge in [-0.2, -0.15) is 0 Å². The molecule has 0 aliphatic carbocycles. The molecule has 4 nitrogen and oxygen atoms in total. The summed E-state index contributed by atoms with van der Waals surface area (Å²) in [6, 6.07) is 7.30. The fourth-order valence-corrected chi connectivity index (χ4v) is 3.24. The lowest BCUT2D eigenvalue weighted by atomic mass is 9.98. The summed E-state index contributed by atoms with van der Waals surface area (Å²) in [6.45, 7) is 8.49. The summed E-state index contributed by atoms with van der Waals surface area (Å²) in [5, 5.41) is 3.19. The highest BCUT2D eigenvalue weighted by Crippen LogP contribution is 2.20. The molecule has 0 saturated heterocycles. The quantitative estimate of drug-likeness (QED) is 0.849. The molecule has 0 amide bonds. The van der Waals surface area contributed by atoms with Gasteiger partial charge in [-0.3, -0.25) is 0 Å². The first-order valence-corrected chi connectivity index (χ1v) is 8.45. The maximum atomic E-state index is 12.3. The maximum Gasteiger partial charge on any atom is 0.240 e. The van der Waals surface area contributed by atoms with Crippen molar-refractivity contribution in [1.29, 1.82) is 0 Å². The summed E-state index contributed by atoms with van der Waals surface area (Å²) < 4.78 is 27.3. The van der Waals surface area contributed by atoms with Gasteiger partial charge in [-0.05, 0) is 36.6 Å². The molecule has 0 saturated carbocycles. The molecule has 0 bridgehead atoms. The van der Waals surface area contributed by atoms with Gasteiger partial charge in [-0.15, -0.1) is 0 Å². The summed E-state index contributed by atoms with van der Waals surface area (Å²) >= 11 is 0. The monoisotopic (exact) mass is 298 g/mol. The van der Waals surface area contributed by atoms with E-state index < -0.39 is 10.0 Å². The van der Waals surface area contributed by atoms with Crippen LogP contribution in [0.25, 0.3) is 0 Å². The van der Waals surface area contributed by atoms with Crippen molar-refractivity contribution in [3.8, 4) is 0 Å². The van der Waals surface area contributed by atoms with Crippen LogP contribution in [0, 0.1) is 5.41 Å². The van der Waals surface area contributed by atoms with Gasteiger partial charge in [0.05, 0.1) is 4.90 Å². The zero-order chi connectivity index (χ0) is 15.4. The van der Waals surface area contributed by atoms with Crippen LogP contribution in [0.5, 0.6) is 0 Å². The Labute approximate surface area is 123 Å². The highest BCUT2D eigenvalue weighted by Gasteiger charge is 2.19. The largest absolute Gasteiger partial charge is 0.313 e. The van der Waals surface area contributed by atoms with E-state index in [2.05, 4.69) is 17.0 Å². The molecule has 1 unspecified atom stereocenters. The van der Waals surface area contributed by atoms with Crippen molar-refractivity contribution >= 4 is 10.0 Å². The molecule has 0 spiro atoms. The number of hydrogen-bond acceptors (Lipinski definition) is 3. The second-order valence-electron chi connectivity index (χ2n) is 6.21. The van der Waals surface area contributed by atoms with Gasteiger partial charge in [0.15, 0.2) is 0 Å². The zero-order valence-electron chi connectivity index (χ0n) is 13.0. The van der Waals surface area contributed by atoms with Crippen LogP contribution >= 0.6 is 0 Å². The molecule has 0 radical (unpaired) electrons. The van der Waals surface area contributed by atoms with Gasteiger partial charge >= 0.3 is 0 Å². The van der Waals surface area contributed by atoms with Crippen LogP contribution in [0.15, 0.2) is 29.2 Å². The molecule has 0 heterocycles. The Morgan fingerprint density at radius 1 is 1.25 bits per heavy atom. The Balaban J connectivity index is 2.99. The van der Waals surface area contributed by atoms with Crippen molar-refractivity contribution in [2.24, 2.45) is 5.41 Å². The Kier molecular flexibility index (Phi) is 5.74. The fourth-order valence-electron chi connectivity index (χ4n) is 1.90. The summed E-state index contributed by atoms with van der Waals surface area (Å²) in [7, 11) is -1.56. The Hall–Kier alpha value is -0.910. The van der Waals surface area contributed by atoms with Gasteiger partial charge in [0.2, 0.25) is 10.0 Å². The average molecular weight is 298 g/mol. The Bertz CT molecular complexity index is 529. The van der Waals surface area contributed by atoms with E-state index in [0.29, 0.717) is 11.4 Å².